The third-order valence-corrected chi connectivity index (χ3v) is 4.88. The standard InChI is InChI=1S/C18H16BrN3O/c1-12-8-13-4-2-3-5-14(13)10-21(12)18(23)17-9-16-7-6-15(19)11-22(16)20-17/h2-7,9,11-12H,8,10H2,1H3. The maximum Gasteiger partial charge on any atom is 0.274 e. The lowest BCUT2D eigenvalue weighted by Crippen LogP contribution is -2.42. The van der Waals surface area contributed by atoms with Gasteiger partial charge in [0.15, 0.2) is 5.69 Å². The molecular weight excluding hydrogens is 354 g/mol. The van der Waals surface area contributed by atoms with Gasteiger partial charge in [0.1, 0.15) is 0 Å². The van der Waals surface area contributed by atoms with Crippen LogP contribution in [-0.4, -0.2) is 26.5 Å². The molecule has 2 aromatic heterocycles. The van der Waals surface area contributed by atoms with Gasteiger partial charge in [-0.05, 0) is 58.6 Å². The van der Waals surface area contributed by atoms with Crippen molar-refractivity contribution in [2.75, 3.05) is 0 Å². The predicted octanol–water partition coefficient (Wildman–Crippen LogP) is 3.68. The molecule has 0 saturated heterocycles. The number of nitrogens with zero attached hydrogens (tertiary/aromatic N) is 3. The van der Waals surface area contributed by atoms with E-state index >= 15 is 0 Å². The van der Waals surface area contributed by atoms with Gasteiger partial charge in [0.05, 0.1) is 5.52 Å². The molecule has 0 saturated carbocycles. The third-order valence-electron chi connectivity index (χ3n) is 4.41. The number of carbonyl (C=O) groups excluding carboxylic acids is 1. The maximum atomic E-state index is 12.9. The van der Waals surface area contributed by atoms with Crippen LogP contribution in [0.3, 0.4) is 0 Å². The van der Waals surface area contributed by atoms with Crippen molar-refractivity contribution in [1.82, 2.24) is 14.5 Å². The molecule has 3 aromatic rings. The fourth-order valence-electron chi connectivity index (χ4n) is 3.16. The topological polar surface area (TPSA) is 37.6 Å². The minimum absolute atomic E-state index is 0.00757. The molecule has 1 atom stereocenters. The zero-order chi connectivity index (χ0) is 16.0. The van der Waals surface area contributed by atoms with Crippen LogP contribution in [0.15, 0.2) is 53.1 Å². The van der Waals surface area contributed by atoms with Gasteiger partial charge in [0.2, 0.25) is 0 Å². The smallest absolute Gasteiger partial charge is 0.274 e. The summed E-state index contributed by atoms with van der Waals surface area (Å²) in [4.78, 5) is 14.8. The van der Waals surface area contributed by atoms with E-state index in [2.05, 4.69) is 46.2 Å². The van der Waals surface area contributed by atoms with Crippen LogP contribution in [0.4, 0.5) is 0 Å². The Kier molecular flexibility index (Phi) is 3.45. The number of fused-ring (bicyclic) bond motifs is 2. The summed E-state index contributed by atoms with van der Waals surface area (Å²) in [5.74, 6) is -0.00757. The zero-order valence-electron chi connectivity index (χ0n) is 12.7. The Balaban J connectivity index is 1.68. The van der Waals surface area contributed by atoms with Crippen molar-refractivity contribution in [3.05, 3.63) is 70.0 Å². The van der Waals surface area contributed by atoms with Gasteiger partial charge in [0, 0.05) is 23.3 Å². The molecule has 0 fully saturated rings. The Labute approximate surface area is 142 Å². The molecule has 0 aliphatic carbocycles. The van der Waals surface area contributed by atoms with Gasteiger partial charge >= 0.3 is 0 Å². The van der Waals surface area contributed by atoms with Gasteiger partial charge in [0.25, 0.3) is 5.91 Å². The van der Waals surface area contributed by atoms with Gasteiger partial charge in [-0.2, -0.15) is 5.10 Å². The fraction of sp³-hybridized carbons (Fsp3) is 0.222. The summed E-state index contributed by atoms with van der Waals surface area (Å²) in [7, 11) is 0. The Morgan fingerprint density at radius 3 is 2.83 bits per heavy atom. The molecule has 0 N–H and O–H groups in total. The Bertz CT molecular complexity index is 902. The minimum atomic E-state index is -0.00757. The van der Waals surface area contributed by atoms with Crippen LogP contribution in [0, 0.1) is 0 Å². The molecule has 4 nitrogen and oxygen atoms in total. The first kappa shape index (κ1) is 14.5. The van der Waals surface area contributed by atoms with Crippen LogP contribution in [-0.2, 0) is 13.0 Å². The largest absolute Gasteiger partial charge is 0.330 e. The molecule has 1 unspecified atom stereocenters. The third kappa shape index (κ3) is 2.55. The molecule has 4 rings (SSSR count). The summed E-state index contributed by atoms with van der Waals surface area (Å²) in [6.45, 7) is 2.74. The Morgan fingerprint density at radius 2 is 2.00 bits per heavy atom. The number of amides is 1. The monoisotopic (exact) mass is 369 g/mol. The first-order chi connectivity index (χ1) is 11.1. The highest BCUT2D eigenvalue weighted by molar-refractivity contribution is 9.10. The van der Waals surface area contributed by atoms with E-state index in [9.17, 15) is 4.79 Å². The number of carbonyl (C=O) groups is 1. The van der Waals surface area contributed by atoms with Crippen molar-refractivity contribution >= 4 is 27.4 Å². The number of hydrogen-bond donors (Lipinski definition) is 0. The number of pyridine rings is 1. The van der Waals surface area contributed by atoms with Crippen molar-refractivity contribution in [2.45, 2.75) is 25.9 Å². The molecule has 1 aliphatic heterocycles. The first-order valence-electron chi connectivity index (χ1n) is 7.64. The number of rotatable bonds is 1. The molecular formula is C18H16BrN3O. The van der Waals surface area contributed by atoms with E-state index in [1.54, 1.807) is 4.52 Å². The molecule has 1 aliphatic rings. The molecule has 1 aromatic carbocycles. The molecule has 0 bridgehead atoms. The van der Waals surface area contributed by atoms with E-state index in [1.807, 2.05) is 35.4 Å². The van der Waals surface area contributed by atoms with Gasteiger partial charge in [-0.1, -0.05) is 24.3 Å². The molecule has 3 heterocycles. The summed E-state index contributed by atoms with van der Waals surface area (Å²) in [5, 5.41) is 4.43. The number of aromatic nitrogens is 2. The predicted molar refractivity (Wildman–Crippen MR) is 92.4 cm³/mol. The van der Waals surface area contributed by atoms with Gasteiger partial charge < -0.3 is 4.90 Å². The average molecular weight is 370 g/mol. The van der Waals surface area contributed by atoms with Gasteiger partial charge in [-0.3, -0.25) is 4.79 Å². The van der Waals surface area contributed by atoms with Gasteiger partial charge in [-0.15, -0.1) is 0 Å². The summed E-state index contributed by atoms with van der Waals surface area (Å²) in [6.07, 6.45) is 2.75. The van der Waals surface area contributed by atoms with Crippen molar-refractivity contribution in [3.63, 3.8) is 0 Å². The van der Waals surface area contributed by atoms with Crippen LogP contribution >= 0.6 is 15.9 Å². The molecule has 23 heavy (non-hydrogen) atoms. The SMILES string of the molecule is CC1Cc2ccccc2CN1C(=O)c1cc2ccc(Br)cn2n1. The fourth-order valence-corrected chi connectivity index (χ4v) is 3.49. The van der Waals surface area contributed by atoms with Crippen LogP contribution in [0.25, 0.3) is 5.52 Å². The summed E-state index contributed by atoms with van der Waals surface area (Å²) in [5.41, 5.74) is 3.98. The van der Waals surface area contributed by atoms with Gasteiger partial charge in [-0.25, -0.2) is 4.52 Å². The number of benzene rings is 1. The molecule has 0 radical (unpaired) electrons. The van der Waals surface area contributed by atoms with Crippen LogP contribution < -0.4 is 0 Å². The lowest BCUT2D eigenvalue weighted by Gasteiger charge is -2.34. The minimum Gasteiger partial charge on any atom is -0.330 e. The Morgan fingerprint density at radius 1 is 1.22 bits per heavy atom. The summed E-state index contributed by atoms with van der Waals surface area (Å²) >= 11 is 3.43. The highest BCUT2D eigenvalue weighted by atomic mass is 79.9. The lowest BCUT2D eigenvalue weighted by molar-refractivity contribution is 0.0652. The molecule has 116 valence electrons. The highest BCUT2D eigenvalue weighted by Gasteiger charge is 2.28. The van der Waals surface area contributed by atoms with Crippen LogP contribution in [0.1, 0.15) is 28.5 Å². The van der Waals surface area contributed by atoms with Crippen LogP contribution in [0.5, 0.6) is 0 Å². The quantitative estimate of drug-likeness (QED) is 0.655. The van der Waals surface area contributed by atoms with E-state index in [0.717, 1.165) is 16.4 Å². The van der Waals surface area contributed by atoms with Crippen LogP contribution in [0.2, 0.25) is 0 Å². The lowest BCUT2D eigenvalue weighted by atomic mass is 9.94. The molecule has 5 heteroatoms. The van der Waals surface area contributed by atoms with E-state index < -0.39 is 0 Å². The van der Waals surface area contributed by atoms with Crippen molar-refractivity contribution in [3.8, 4) is 0 Å². The second-order valence-electron chi connectivity index (χ2n) is 6.00. The Hall–Kier alpha value is -2.14. The normalized spacial score (nSPS) is 17.3. The number of hydrogen-bond acceptors (Lipinski definition) is 2. The summed E-state index contributed by atoms with van der Waals surface area (Å²) < 4.78 is 2.67. The second kappa shape index (κ2) is 5.49. The first-order valence-corrected chi connectivity index (χ1v) is 8.44. The highest BCUT2D eigenvalue weighted by Crippen LogP contribution is 2.25. The van der Waals surface area contributed by atoms with Crippen molar-refractivity contribution in [1.29, 1.82) is 0 Å². The van der Waals surface area contributed by atoms with E-state index in [-0.39, 0.29) is 11.9 Å². The van der Waals surface area contributed by atoms with E-state index in [0.29, 0.717) is 12.2 Å². The maximum absolute atomic E-state index is 12.9. The zero-order valence-corrected chi connectivity index (χ0v) is 14.3. The van der Waals surface area contributed by atoms with Crippen molar-refractivity contribution in [2.24, 2.45) is 0 Å². The second-order valence-corrected chi connectivity index (χ2v) is 6.92. The van der Waals surface area contributed by atoms with E-state index in [4.69, 9.17) is 0 Å². The average Bonchev–Trinajstić information content (AvgIpc) is 2.96. The number of halogens is 1. The van der Waals surface area contributed by atoms with E-state index in [1.165, 1.54) is 11.1 Å². The molecule has 0 spiro atoms. The molecule has 1 amide bonds. The summed E-state index contributed by atoms with van der Waals surface area (Å²) in [6, 6.07) is 14.3. The van der Waals surface area contributed by atoms with Crippen molar-refractivity contribution < 1.29 is 4.79 Å².